The van der Waals surface area contributed by atoms with Gasteiger partial charge in [-0.2, -0.15) is 0 Å². The van der Waals surface area contributed by atoms with Crippen LogP contribution in [0.4, 0.5) is 0 Å². The van der Waals surface area contributed by atoms with Crippen molar-refractivity contribution < 1.29 is 19.4 Å². The van der Waals surface area contributed by atoms with E-state index in [1.54, 1.807) is 0 Å². The van der Waals surface area contributed by atoms with E-state index in [0.717, 1.165) is 6.42 Å². The fraction of sp³-hybridized carbons (Fsp3) is 0.833. The Labute approximate surface area is 107 Å². The summed E-state index contributed by atoms with van der Waals surface area (Å²) in [7, 11) is 0. The van der Waals surface area contributed by atoms with Crippen molar-refractivity contribution in [1.82, 2.24) is 10.2 Å². The summed E-state index contributed by atoms with van der Waals surface area (Å²) < 4.78 is 5.38. The van der Waals surface area contributed by atoms with Crippen LogP contribution in [0.5, 0.6) is 0 Å². The molecule has 2 N–H and O–H groups in total. The van der Waals surface area contributed by atoms with Crippen molar-refractivity contribution in [3.63, 3.8) is 0 Å². The summed E-state index contributed by atoms with van der Waals surface area (Å²) in [6.45, 7) is 6.15. The first-order chi connectivity index (χ1) is 8.54. The number of hydrogen-bond acceptors (Lipinski definition) is 4. The minimum Gasteiger partial charge on any atom is -0.481 e. The summed E-state index contributed by atoms with van der Waals surface area (Å²) in [5.41, 5.74) is 0. The van der Waals surface area contributed by atoms with E-state index >= 15 is 0 Å². The van der Waals surface area contributed by atoms with Crippen LogP contribution in [-0.4, -0.2) is 60.3 Å². The highest BCUT2D eigenvalue weighted by Gasteiger charge is 2.28. The molecule has 0 bridgehead atoms. The van der Waals surface area contributed by atoms with Gasteiger partial charge in [-0.1, -0.05) is 6.92 Å². The monoisotopic (exact) mass is 258 g/mol. The lowest BCUT2D eigenvalue weighted by molar-refractivity contribution is -0.143. The molecule has 0 aliphatic carbocycles. The van der Waals surface area contributed by atoms with Crippen molar-refractivity contribution in [2.75, 3.05) is 26.2 Å². The maximum absolute atomic E-state index is 11.8. The van der Waals surface area contributed by atoms with E-state index in [0.29, 0.717) is 26.2 Å². The van der Waals surface area contributed by atoms with Gasteiger partial charge in [-0.25, -0.2) is 0 Å². The molecule has 1 saturated heterocycles. The van der Waals surface area contributed by atoms with E-state index in [2.05, 4.69) is 5.32 Å². The van der Waals surface area contributed by atoms with Gasteiger partial charge in [0.1, 0.15) is 0 Å². The number of rotatable bonds is 6. The molecule has 104 valence electrons. The number of carboxylic acid groups (broad SMARTS) is 1. The van der Waals surface area contributed by atoms with Gasteiger partial charge < -0.3 is 15.2 Å². The van der Waals surface area contributed by atoms with Crippen molar-refractivity contribution in [2.45, 2.75) is 38.8 Å². The highest BCUT2D eigenvalue weighted by molar-refractivity contribution is 5.81. The maximum atomic E-state index is 11.8. The van der Waals surface area contributed by atoms with Gasteiger partial charge in [-0.15, -0.1) is 0 Å². The van der Waals surface area contributed by atoms with Gasteiger partial charge in [-0.3, -0.25) is 14.5 Å². The zero-order valence-electron chi connectivity index (χ0n) is 11.0. The molecule has 1 fully saturated rings. The van der Waals surface area contributed by atoms with E-state index in [1.165, 1.54) is 0 Å². The first kappa shape index (κ1) is 14.9. The quantitative estimate of drug-likeness (QED) is 0.705. The molecule has 0 aromatic heterocycles. The predicted molar refractivity (Wildman–Crippen MR) is 66.3 cm³/mol. The van der Waals surface area contributed by atoms with Gasteiger partial charge in [0, 0.05) is 19.6 Å². The molecule has 0 spiro atoms. The number of ether oxygens (including phenoxy) is 1. The normalized spacial score (nSPS) is 22.4. The lowest BCUT2D eigenvalue weighted by atomic mass is 10.1. The van der Waals surface area contributed by atoms with Crippen molar-refractivity contribution in [2.24, 2.45) is 0 Å². The molecule has 0 aromatic rings. The summed E-state index contributed by atoms with van der Waals surface area (Å²) in [5, 5.41) is 11.6. The number of hydrogen-bond donors (Lipinski definition) is 2. The molecule has 1 aliphatic rings. The molecule has 1 rings (SSSR count). The number of aliphatic carboxylic acids is 1. The minimum atomic E-state index is -0.870. The molecule has 18 heavy (non-hydrogen) atoms. The van der Waals surface area contributed by atoms with Crippen LogP contribution >= 0.6 is 0 Å². The average molecular weight is 258 g/mol. The number of carboxylic acids is 1. The Kier molecular flexibility index (Phi) is 6.07. The molecule has 6 nitrogen and oxygen atoms in total. The summed E-state index contributed by atoms with van der Waals surface area (Å²) in [5.74, 6) is -0.877. The molecule has 2 atom stereocenters. The Morgan fingerprint density at radius 3 is 2.89 bits per heavy atom. The van der Waals surface area contributed by atoms with Crippen molar-refractivity contribution >= 4 is 11.9 Å². The number of nitrogens with zero attached hydrogens (tertiary/aromatic N) is 1. The predicted octanol–water partition coefficient (Wildman–Crippen LogP) is 0.0766. The molecule has 0 saturated carbocycles. The number of carbonyl (C=O) groups excluding carboxylic acids is 1. The molecular formula is C12H22N2O4. The summed E-state index contributed by atoms with van der Waals surface area (Å²) in [4.78, 5) is 24.4. The Morgan fingerprint density at radius 1 is 1.56 bits per heavy atom. The Hall–Kier alpha value is -1.14. The van der Waals surface area contributed by atoms with Crippen LogP contribution in [0.2, 0.25) is 0 Å². The van der Waals surface area contributed by atoms with Crippen LogP contribution in [0.15, 0.2) is 0 Å². The highest BCUT2D eigenvalue weighted by atomic mass is 16.5. The molecule has 1 heterocycles. The van der Waals surface area contributed by atoms with E-state index in [-0.39, 0.29) is 24.5 Å². The Morgan fingerprint density at radius 2 is 2.28 bits per heavy atom. The smallest absolute Gasteiger partial charge is 0.306 e. The SMILES string of the molecule is CCCNC(=O)C(C)N1CCOC(CC(=O)O)C1. The van der Waals surface area contributed by atoms with E-state index in [9.17, 15) is 9.59 Å². The Bertz CT molecular complexity index is 296. The highest BCUT2D eigenvalue weighted by Crippen LogP contribution is 2.11. The van der Waals surface area contributed by atoms with Crippen LogP contribution in [0.25, 0.3) is 0 Å². The van der Waals surface area contributed by atoms with Crippen LogP contribution in [0.3, 0.4) is 0 Å². The van der Waals surface area contributed by atoms with E-state index in [4.69, 9.17) is 9.84 Å². The third kappa shape index (κ3) is 4.62. The minimum absolute atomic E-state index is 0.00664. The topological polar surface area (TPSA) is 78.9 Å². The van der Waals surface area contributed by atoms with E-state index in [1.807, 2.05) is 18.7 Å². The number of amides is 1. The summed E-state index contributed by atoms with van der Waals surface area (Å²) >= 11 is 0. The fourth-order valence-corrected chi connectivity index (χ4v) is 1.97. The number of morpholine rings is 1. The number of carbonyl (C=O) groups is 2. The third-order valence-electron chi connectivity index (χ3n) is 3.05. The standard InChI is InChI=1S/C12H22N2O4/c1-3-4-13-12(17)9(2)14-5-6-18-10(8-14)7-11(15)16/h9-10H,3-8H2,1-2H3,(H,13,17)(H,15,16). The van der Waals surface area contributed by atoms with Crippen molar-refractivity contribution in [3.8, 4) is 0 Å². The van der Waals surface area contributed by atoms with Crippen LogP contribution < -0.4 is 5.32 Å². The van der Waals surface area contributed by atoms with E-state index < -0.39 is 5.97 Å². The number of nitrogens with one attached hydrogen (secondary N) is 1. The molecule has 1 aliphatic heterocycles. The molecule has 1 amide bonds. The zero-order valence-corrected chi connectivity index (χ0v) is 11.0. The van der Waals surface area contributed by atoms with Gasteiger partial charge in [0.05, 0.1) is 25.2 Å². The summed E-state index contributed by atoms with van der Waals surface area (Å²) in [6.07, 6.45) is 0.570. The maximum Gasteiger partial charge on any atom is 0.306 e. The second-order valence-electron chi connectivity index (χ2n) is 4.55. The second-order valence-corrected chi connectivity index (χ2v) is 4.55. The first-order valence-corrected chi connectivity index (χ1v) is 6.39. The van der Waals surface area contributed by atoms with Crippen molar-refractivity contribution in [3.05, 3.63) is 0 Å². The first-order valence-electron chi connectivity index (χ1n) is 6.39. The van der Waals surface area contributed by atoms with Crippen molar-refractivity contribution in [1.29, 1.82) is 0 Å². The lowest BCUT2D eigenvalue weighted by Gasteiger charge is -2.35. The zero-order chi connectivity index (χ0) is 13.5. The lowest BCUT2D eigenvalue weighted by Crippen LogP contribution is -2.52. The molecule has 0 aromatic carbocycles. The van der Waals surface area contributed by atoms with Crippen LogP contribution in [-0.2, 0) is 14.3 Å². The largest absolute Gasteiger partial charge is 0.481 e. The van der Waals surface area contributed by atoms with Gasteiger partial charge >= 0.3 is 5.97 Å². The average Bonchev–Trinajstić information content (AvgIpc) is 2.34. The van der Waals surface area contributed by atoms with Gasteiger partial charge in [0.15, 0.2) is 0 Å². The molecule has 0 radical (unpaired) electrons. The molecular weight excluding hydrogens is 236 g/mol. The van der Waals surface area contributed by atoms with Gasteiger partial charge in [0.25, 0.3) is 0 Å². The molecule has 6 heteroatoms. The van der Waals surface area contributed by atoms with Crippen LogP contribution in [0.1, 0.15) is 26.7 Å². The van der Waals surface area contributed by atoms with Crippen LogP contribution in [0, 0.1) is 0 Å². The Balaban J connectivity index is 2.44. The second kappa shape index (κ2) is 7.33. The van der Waals surface area contributed by atoms with Gasteiger partial charge in [0.2, 0.25) is 5.91 Å². The van der Waals surface area contributed by atoms with Gasteiger partial charge in [-0.05, 0) is 13.3 Å². The third-order valence-corrected chi connectivity index (χ3v) is 3.05. The summed E-state index contributed by atoms with van der Waals surface area (Å²) in [6, 6.07) is -0.239. The molecule has 2 unspecified atom stereocenters. The fourth-order valence-electron chi connectivity index (χ4n) is 1.97.